The zero-order chi connectivity index (χ0) is 30.4. The Morgan fingerprint density at radius 2 is 1.82 bits per heavy atom. The summed E-state index contributed by atoms with van der Waals surface area (Å²) in [5, 5.41) is 1.79. The number of nitrogens with zero attached hydrogens (tertiary/aromatic N) is 2. The molecule has 0 fully saturated rings. The number of esters is 1. The Morgan fingerprint density at radius 3 is 2.59 bits per heavy atom. The molecule has 0 amide bonds. The van der Waals surface area contributed by atoms with Gasteiger partial charge in [-0.05, 0) is 47.5 Å². The maximum Gasteiger partial charge on any atom is 0.338 e. The minimum absolute atomic E-state index is 0.138. The number of thiazole rings is 1. The van der Waals surface area contributed by atoms with Crippen molar-refractivity contribution in [2.45, 2.75) is 13.0 Å². The summed E-state index contributed by atoms with van der Waals surface area (Å²) in [5.74, 6) is 1.22. The summed E-state index contributed by atoms with van der Waals surface area (Å²) < 4.78 is 25.4. The van der Waals surface area contributed by atoms with E-state index in [2.05, 4.69) is 15.9 Å². The number of aromatic nitrogens is 1. The predicted molar refractivity (Wildman–Crippen MR) is 172 cm³/mol. The van der Waals surface area contributed by atoms with E-state index in [9.17, 15) is 9.59 Å². The average Bonchev–Trinajstić information content (AvgIpc) is 3.63. The van der Waals surface area contributed by atoms with Crippen LogP contribution in [0, 0.1) is 0 Å². The summed E-state index contributed by atoms with van der Waals surface area (Å²) in [5.41, 5.74) is 2.56. The van der Waals surface area contributed by atoms with Gasteiger partial charge in [-0.1, -0.05) is 87.9 Å². The number of methoxy groups -OCH3 is 1. The summed E-state index contributed by atoms with van der Waals surface area (Å²) in [6.45, 7) is 2.05. The normalized spacial score (nSPS) is 15.7. The van der Waals surface area contributed by atoms with E-state index in [0.717, 1.165) is 26.4 Å². The van der Waals surface area contributed by atoms with Crippen LogP contribution in [0.25, 0.3) is 22.5 Å². The van der Waals surface area contributed by atoms with Crippen LogP contribution in [0.4, 0.5) is 0 Å². The molecule has 0 saturated heterocycles. The highest BCUT2D eigenvalue weighted by Crippen LogP contribution is 2.42. The third kappa shape index (κ3) is 4.71. The van der Waals surface area contributed by atoms with Crippen LogP contribution in [-0.2, 0) is 9.53 Å². The molecule has 5 aromatic rings. The van der Waals surface area contributed by atoms with Crippen LogP contribution in [0.2, 0.25) is 0 Å². The molecule has 2 aliphatic rings. The molecule has 0 radical (unpaired) electrons. The Bertz CT molecular complexity index is 2170. The fraction of sp³-hybridized carbons (Fsp3) is 0.147. The van der Waals surface area contributed by atoms with Crippen molar-refractivity contribution in [2.75, 3.05) is 20.5 Å². The van der Waals surface area contributed by atoms with E-state index in [1.54, 1.807) is 24.7 Å². The SMILES string of the molecule is CCOC(=O)C1=C(c2ccccc2)N=c2s/c(=C\c3cc4c(cc3Br)OCO4)c(=O)n2C1c1c(OC)ccc2ccccc12. The molecule has 0 aliphatic carbocycles. The van der Waals surface area contributed by atoms with Crippen LogP contribution in [0.3, 0.4) is 0 Å². The van der Waals surface area contributed by atoms with Gasteiger partial charge in [-0.25, -0.2) is 9.79 Å². The second-order valence-corrected chi connectivity index (χ2v) is 11.9. The van der Waals surface area contributed by atoms with Crippen molar-refractivity contribution in [3.63, 3.8) is 0 Å². The average molecular weight is 670 g/mol. The van der Waals surface area contributed by atoms with Crippen molar-refractivity contribution in [3.8, 4) is 17.2 Å². The molecular formula is C34H25BrN2O6S. The van der Waals surface area contributed by atoms with Gasteiger partial charge < -0.3 is 18.9 Å². The van der Waals surface area contributed by atoms with Crippen LogP contribution < -0.4 is 29.1 Å². The molecule has 0 N–H and O–H groups in total. The van der Waals surface area contributed by atoms with Gasteiger partial charge in [-0.2, -0.15) is 0 Å². The molecule has 10 heteroatoms. The molecule has 0 spiro atoms. The summed E-state index contributed by atoms with van der Waals surface area (Å²) in [6, 6.07) is 23.9. The number of hydrogen-bond acceptors (Lipinski definition) is 8. The minimum Gasteiger partial charge on any atom is -0.496 e. The number of fused-ring (bicyclic) bond motifs is 3. The first-order valence-electron chi connectivity index (χ1n) is 13.9. The van der Waals surface area contributed by atoms with Crippen LogP contribution in [0.15, 0.2) is 98.7 Å². The Labute approximate surface area is 264 Å². The number of carbonyl (C=O) groups excluding carboxylic acids is 1. The first-order valence-corrected chi connectivity index (χ1v) is 15.5. The fourth-order valence-electron chi connectivity index (χ4n) is 5.63. The molecule has 1 unspecified atom stereocenters. The minimum atomic E-state index is -0.885. The van der Waals surface area contributed by atoms with Gasteiger partial charge in [-0.3, -0.25) is 9.36 Å². The molecule has 220 valence electrons. The van der Waals surface area contributed by atoms with E-state index in [-0.39, 0.29) is 24.5 Å². The molecule has 1 atom stereocenters. The van der Waals surface area contributed by atoms with Crippen LogP contribution in [0.5, 0.6) is 17.2 Å². The highest BCUT2D eigenvalue weighted by molar-refractivity contribution is 9.10. The topological polar surface area (TPSA) is 88.4 Å². The van der Waals surface area contributed by atoms with Crippen molar-refractivity contribution < 1.29 is 23.7 Å². The van der Waals surface area contributed by atoms with Gasteiger partial charge in [0.2, 0.25) is 6.79 Å². The molecular weight excluding hydrogens is 644 g/mol. The molecule has 8 nitrogen and oxygen atoms in total. The number of benzene rings is 4. The van der Waals surface area contributed by atoms with E-state index < -0.39 is 12.0 Å². The highest BCUT2D eigenvalue weighted by Gasteiger charge is 2.37. The maximum atomic E-state index is 14.4. The van der Waals surface area contributed by atoms with Crippen molar-refractivity contribution in [1.82, 2.24) is 4.57 Å². The lowest BCUT2D eigenvalue weighted by molar-refractivity contribution is -0.138. The molecule has 4 aromatic carbocycles. The van der Waals surface area contributed by atoms with Gasteiger partial charge in [0.25, 0.3) is 5.56 Å². The monoisotopic (exact) mass is 668 g/mol. The van der Waals surface area contributed by atoms with Gasteiger partial charge in [0.15, 0.2) is 16.3 Å². The second kappa shape index (κ2) is 11.4. The number of carbonyl (C=O) groups is 1. The number of ether oxygens (including phenoxy) is 4. The fourth-order valence-corrected chi connectivity index (χ4v) is 7.06. The first kappa shape index (κ1) is 28.1. The van der Waals surface area contributed by atoms with Gasteiger partial charge in [0.1, 0.15) is 11.8 Å². The van der Waals surface area contributed by atoms with E-state index >= 15 is 0 Å². The van der Waals surface area contributed by atoms with E-state index in [1.165, 1.54) is 11.3 Å². The predicted octanol–water partition coefficient (Wildman–Crippen LogP) is 5.59. The number of halogens is 1. The molecule has 2 aliphatic heterocycles. The lowest BCUT2D eigenvalue weighted by Crippen LogP contribution is -2.40. The Kier molecular flexibility index (Phi) is 7.31. The van der Waals surface area contributed by atoms with E-state index in [1.807, 2.05) is 78.9 Å². The third-order valence-corrected chi connectivity index (χ3v) is 9.25. The van der Waals surface area contributed by atoms with Crippen LogP contribution in [0.1, 0.15) is 29.7 Å². The summed E-state index contributed by atoms with van der Waals surface area (Å²) >= 11 is 4.85. The van der Waals surface area contributed by atoms with Crippen molar-refractivity contribution in [3.05, 3.63) is 125 Å². The summed E-state index contributed by atoms with van der Waals surface area (Å²) in [7, 11) is 1.58. The van der Waals surface area contributed by atoms with Gasteiger partial charge in [0, 0.05) is 15.6 Å². The second-order valence-electron chi connectivity index (χ2n) is 10.1. The Balaban J connectivity index is 1.58. The van der Waals surface area contributed by atoms with E-state index in [4.69, 9.17) is 23.9 Å². The number of rotatable bonds is 6. The van der Waals surface area contributed by atoms with Crippen molar-refractivity contribution in [2.24, 2.45) is 4.99 Å². The summed E-state index contributed by atoms with van der Waals surface area (Å²) in [6.07, 6.45) is 1.80. The zero-order valence-corrected chi connectivity index (χ0v) is 26.1. The van der Waals surface area contributed by atoms with Gasteiger partial charge in [-0.15, -0.1) is 0 Å². The van der Waals surface area contributed by atoms with Gasteiger partial charge >= 0.3 is 5.97 Å². The highest BCUT2D eigenvalue weighted by atomic mass is 79.9. The largest absolute Gasteiger partial charge is 0.496 e. The van der Waals surface area contributed by atoms with E-state index in [0.29, 0.717) is 37.8 Å². The molecule has 0 bridgehead atoms. The van der Waals surface area contributed by atoms with Crippen LogP contribution >= 0.6 is 27.3 Å². The van der Waals surface area contributed by atoms with Crippen LogP contribution in [-0.4, -0.2) is 31.0 Å². The summed E-state index contributed by atoms with van der Waals surface area (Å²) in [4.78, 5) is 33.8. The zero-order valence-electron chi connectivity index (χ0n) is 23.7. The maximum absolute atomic E-state index is 14.4. The third-order valence-electron chi connectivity index (χ3n) is 7.58. The molecule has 44 heavy (non-hydrogen) atoms. The smallest absolute Gasteiger partial charge is 0.338 e. The quantitative estimate of drug-likeness (QED) is 0.219. The molecule has 7 rings (SSSR count). The number of hydrogen-bond donors (Lipinski definition) is 0. The molecule has 1 aromatic heterocycles. The first-order chi connectivity index (χ1) is 21.5. The standard InChI is InChI=1S/C34H25BrN2O6S/c1-3-41-33(39)29-30(20-10-5-4-6-11-20)36-34-37(31(29)28-22-12-8-7-9-19(22)13-14-24(28)40-2)32(38)27(44-34)16-21-15-25-26(17-23(21)35)43-18-42-25/h4-17,31H,3,18H2,1-2H3/b27-16-. The lowest BCUT2D eigenvalue weighted by atomic mass is 9.89. The Hall–Kier alpha value is -4.67. The van der Waals surface area contributed by atoms with Crippen molar-refractivity contribution in [1.29, 1.82) is 0 Å². The lowest BCUT2D eigenvalue weighted by Gasteiger charge is -2.28. The van der Waals surface area contributed by atoms with Gasteiger partial charge in [0.05, 0.1) is 29.5 Å². The van der Waals surface area contributed by atoms with Crippen molar-refractivity contribution >= 4 is 55.8 Å². The Morgan fingerprint density at radius 1 is 1.07 bits per heavy atom. The molecule has 3 heterocycles. The molecule has 0 saturated carbocycles.